The van der Waals surface area contributed by atoms with Crippen LogP contribution in [0.3, 0.4) is 0 Å². The van der Waals surface area contributed by atoms with Crippen molar-refractivity contribution in [3.63, 3.8) is 0 Å². The molecule has 0 bridgehead atoms. The predicted molar refractivity (Wildman–Crippen MR) is 147 cm³/mol. The smallest absolute Gasteiger partial charge is 0.332 e. The fourth-order valence-electron chi connectivity index (χ4n) is 4.95. The fourth-order valence-corrected chi connectivity index (χ4v) is 6.10. The summed E-state index contributed by atoms with van der Waals surface area (Å²) in [6, 6.07) is 18.0. The molecule has 13 nitrogen and oxygen atoms in total. The molecule has 0 aliphatic carbocycles. The third kappa shape index (κ3) is 5.87. The first kappa shape index (κ1) is 27.5. The quantitative estimate of drug-likeness (QED) is 0.249. The minimum Gasteiger partial charge on any atom is -0.347 e. The summed E-state index contributed by atoms with van der Waals surface area (Å²) in [6.45, 7) is 2.05. The average molecular weight is 581 g/mol. The highest BCUT2D eigenvalue weighted by molar-refractivity contribution is 7.51. The molecule has 2 fully saturated rings. The zero-order valence-electron chi connectivity index (χ0n) is 22.1. The van der Waals surface area contributed by atoms with Crippen molar-refractivity contribution < 1.29 is 33.0 Å². The number of fused-ring (bicyclic) bond motifs is 2. The first-order chi connectivity index (χ1) is 19.9. The maximum atomic E-state index is 12.9. The van der Waals surface area contributed by atoms with Crippen LogP contribution in [0.15, 0.2) is 73.3 Å². The number of benzene rings is 2. The van der Waals surface area contributed by atoms with E-state index in [9.17, 15) is 14.3 Å². The normalized spacial score (nSPS) is 25.1. The molecule has 3 N–H and O–H groups in total. The SMILES string of the molecule is CCNC(=O)Nc1ncnc2c1ncn2[C@@H]1O[C@H](COP(=O)(O)Cc2ccccc2)C2O[C@H](c3ccccc3)OC21. The van der Waals surface area contributed by atoms with Crippen LogP contribution in [0.4, 0.5) is 10.6 Å². The Labute approximate surface area is 235 Å². The summed E-state index contributed by atoms with van der Waals surface area (Å²) in [6.07, 6.45) is -0.689. The van der Waals surface area contributed by atoms with Crippen molar-refractivity contribution in [2.24, 2.45) is 0 Å². The van der Waals surface area contributed by atoms with E-state index < -0.39 is 44.5 Å². The van der Waals surface area contributed by atoms with E-state index in [0.717, 1.165) is 5.56 Å². The predicted octanol–water partition coefficient (Wildman–Crippen LogP) is 3.75. The van der Waals surface area contributed by atoms with Gasteiger partial charge in [0.15, 0.2) is 29.5 Å². The topological polar surface area (TPSA) is 159 Å². The largest absolute Gasteiger partial charge is 0.347 e. The van der Waals surface area contributed by atoms with E-state index in [1.165, 1.54) is 12.7 Å². The van der Waals surface area contributed by atoms with Crippen molar-refractivity contribution in [3.8, 4) is 0 Å². The molecule has 6 atom stereocenters. The Bertz CT molecular complexity index is 1560. The summed E-state index contributed by atoms with van der Waals surface area (Å²) >= 11 is 0. The van der Waals surface area contributed by atoms with Gasteiger partial charge >= 0.3 is 13.6 Å². The molecule has 2 amide bonds. The van der Waals surface area contributed by atoms with Crippen molar-refractivity contribution in [1.82, 2.24) is 24.8 Å². The lowest BCUT2D eigenvalue weighted by atomic mass is 10.1. The number of nitrogens with one attached hydrogen (secondary N) is 2. The van der Waals surface area contributed by atoms with Gasteiger partial charge in [-0.05, 0) is 12.5 Å². The van der Waals surface area contributed by atoms with Crippen LogP contribution < -0.4 is 10.6 Å². The lowest BCUT2D eigenvalue weighted by Crippen LogP contribution is -2.31. The molecular formula is C27H29N6O7P. The van der Waals surface area contributed by atoms with Crippen LogP contribution in [-0.2, 0) is 29.5 Å². The van der Waals surface area contributed by atoms with Crippen LogP contribution in [0.5, 0.6) is 0 Å². The second-order valence-corrected chi connectivity index (χ2v) is 11.5. The number of urea groups is 1. The number of carbonyl (C=O) groups is 1. The number of nitrogens with zero attached hydrogens (tertiary/aromatic N) is 4. The Morgan fingerprint density at radius 2 is 1.76 bits per heavy atom. The first-order valence-corrected chi connectivity index (χ1v) is 14.9. The minimum atomic E-state index is -3.98. The molecule has 41 heavy (non-hydrogen) atoms. The van der Waals surface area contributed by atoms with Crippen molar-refractivity contribution in [2.45, 2.75) is 43.9 Å². The Kier molecular flexibility index (Phi) is 7.80. The fraction of sp³-hybridized carbons (Fsp3) is 0.333. The van der Waals surface area contributed by atoms with Crippen molar-refractivity contribution in [1.29, 1.82) is 0 Å². The van der Waals surface area contributed by atoms with Crippen LogP contribution in [0, 0.1) is 0 Å². The summed E-state index contributed by atoms with van der Waals surface area (Å²) in [5.74, 6) is 0.238. The van der Waals surface area contributed by atoms with Gasteiger partial charge in [0.25, 0.3) is 0 Å². The van der Waals surface area contributed by atoms with E-state index in [2.05, 4.69) is 25.6 Å². The Balaban J connectivity index is 1.26. The van der Waals surface area contributed by atoms with E-state index in [1.54, 1.807) is 28.8 Å². The third-order valence-corrected chi connectivity index (χ3v) is 8.10. The van der Waals surface area contributed by atoms with Crippen LogP contribution in [-0.4, -0.2) is 61.9 Å². The van der Waals surface area contributed by atoms with Gasteiger partial charge in [0.05, 0.1) is 19.1 Å². The summed E-state index contributed by atoms with van der Waals surface area (Å²) < 4.78 is 39.1. The number of hydrogen-bond donors (Lipinski definition) is 3. The molecule has 14 heteroatoms. The molecule has 3 unspecified atom stereocenters. The van der Waals surface area contributed by atoms with E-state index in [1.807, 2.05) is 43.3 Å². The van der Waals surface area contributed by atoms with Crippen molar-refractivity contribution in [2.75, 3.05) is 18.5 Å². The van der Waals surface area contributed by atoms with Gasteiger partial charge in [0.2, 0.25) is 0 Å². The number of carbonyl (C=O) groups excluding carboxylic acids is 1. The molecule has 2 aliphatic heterocycles. The Morgan fingerprint density at radius 1 is 1.02 bits per heavy atom. The molecule has 4 heterocycles. The number of amides is 2. The van der Waals surface area contributed by atoms with E-state index >= 15 is 0 Å². The second-order valence-electron chi connectivity index (χ2n) is 9.62. The lowest BCUT2D eigenvalue weighted by Gasteiger charge is -2.22. The molecule has 4 aromatic rings. The standard InChI is InChI=1S/C27H29N6O7P/c1-2-28-27(34)32-23-20-24(30-15-29-23)33(16-31-20)25-22-21(39-26(40-22)18-11-7-4-8-12-18)19(38-25)13-37-41(35,36)14-17-9-5-3-6-10-17/h3-12,15-16,19,21-22,25-26H,2,13-14H2,1H3,(H,35,36)(H2,28,29,30,32,34)/t19-,21?,22?,25-,26+/m1/s1. The second kappa shape index (κ2) is 11.6. The van der Waals surface area contributed by atoms with Gasteiger partial charge in [0.1, 0.15) is 24.6 Å². The van der Waals surface area contributed by atoms with Gasteiger partial charge in [0, 0.05) is 12.1 Å². The molecule has 2 aromatic carbocycles. The van der Waals surface area contributed by atoms with Gasteiger partial charge in [-0.15, -0.1) is 0 Å². The maximum Gasteiger partial charge on any atom is 0.332 e. The van der Waals surface area contributed by atoms with Gasteiger partial charge in [-0.1, -0.05) is 60.7 Å². The van der Waals surface area contributed by atoms with Crippen LogP contribution in [0.25, 0.3) is 11.2 Å². The zero-order chi connectivity index (χ0) is 28.4. The Morgan fingerprint density at radius 3 is 2.51 bits per heavy atom. The first-order valence-electron chi connectivity index (χ1n) is 13.2. The van der Waals surface area contributed by atoms with E-state index in [0.29, 0.717) is 23.3 Å². The summed E-state index contributed by atoms with van der Waals surface area (Å²) in [7, 11) is -3.98. The number of ether oxygens (including phenoxy) is 3. The molecule has 214 valence electrons. The van der Waals surface area contributed by atoms with Crippen LogP contribution >= 0.6 is 7.60 Å². The molecular weight excluding hydrogens is 551 g/mol. The number of anilines is 1. The molecule has 0 spiro atoms. The number of hydrogen-bond acceptors (Lipinski definition) is 9. The monoisotopic (exact) mass is 580 g/mol. The molecule has 2 aromatic heterocycles. The molecule has 2 aliphatic rings. The van der Waals surface area contributed by atoms with Crippen LogP contribution in [0.2, 0.25) is 0 Å². The third-order valence-electron chi connectivity index (χ3n) is 6.79. The summed E-state index contributed by atoms with van der Waals surface area (Å²) in [5.41, 5.74) is 2.27. The van der Waals surface area contributed by atoms with Crippen LogP contribution in [0.1, 0.15) is 30.6 Å². The maximum absolute atomic E-state index is 12.9. The highest BCUT2D eigenvalue weighted by atomic mass is 31.2. The van der Waals surface area contributed by atoms with Crippen molar-refractivity contribution >= 4 is 30.6 Å². The van der Waals surface area contributed by atoms with Crippen molar-refractivity contribution in [3.05, 3.63) is 84.4 Å². The average Bonchev–Trinajstić information content (AvgIpc) is 3.67. The number of rotatable bonds is 9. The highest BCUT2D eigenvalue weighted by Gasteiger charge is 2.54. The van der Waals surface area contributed by atoms with Gasteiger partial charge in [-0.2, -0.15) is 0 Å². The summed E-state index contributed by atoms with van der Waals surface area (Å²) in [5, 5.41) is 5.33. The zero-order valence-corrected chi connectivity index (χ0v) is 23.0. The molecule has 0 radical (unpaired) electrons. The molecule has 0 saturated carbocycles. The van der Waals surface area contributed by atoms with Gasteiger partial charge in [-0.3, -0.25) is 14.4 Å². The summed E-state index contributed by atoms with van der Waals surface area (Å²) in [4.78, 5) is 35.6. The van der Waals surface area contributed by atoms with Gasteiger partial charge < -0.3 is 28.9 Å². The minimum absolute atomic E-state index is 0.132. The Hall–Kier alpha value is -3.71. The van der Waals surface area contributed by atoms with E-state index in [-0.39, 0.29) is 18.6 Å². The lowest BCUT2D eigenvalue weighted by molar-refractivity contribution is -0.152. The van der Waals surface area contributed by atoms with E-state index in [4.69, 9.17) is 18.7 Å². The number of imidazole rings is 1. The number of aromatic nitrogens is 4. The highest BCUT2D eigenvalue weighted by Crippen LogP contribution is 2.49. The molecule has 6 rings (SSSR count). The van der Waals surface area contributed by atoms with Gasteiger partial charge in [-0.25, -0.2) is 19.7 Å². The molecule has 2 saturated heterocycles.